The number of rotatable bonds is 17. The Morgan fingerprint density at radius 3 is 1.10 bits per heavy atom. The normalized spacial score (nSPS) is 41.9. The molecule has 8 atom stereocenters. The van der Waals surface area contributed by atoms with E-state index in [0.29, 0.717) is 60.2 Å². The van der Waals surface area contributed by atoms with Gasteiger partial charge in [-0.05, 0) is 78.6 Å². The second-order valence-corrected chi connectivity index (χ2v) is 52.3. The molecule has 302 valence electrons. The fourth-order valence-electron chi connectivity index (χ4n) is 9.08. The molecule has 0 aromatic carbocycles. The highest BCUT2D eigenvalue weighted by Gasteiger charge is 2.81. The maximum Gasteiger partial charge on any atom is 0.477 e. The first-order valence-electron chi connectivity index (χ1n) is 20.5. The summed E-state index contributed by atoms with van der Waals surface area (Å²) in [4.78, 5) is 0. The van der Waals surface area contributed by atoms with Crippen LogP contribution in [0.15, 0.2) is 0 Å². The zero-order chi connectivity index (χ0) is 38.6. The maximum absolute atomic E-state index is 8.17. The van der Waals surface area contributed by atoms with Crippen molar-refractivity contribution >= 4 is 77.1 Å². The molecule has 8 unspecified atom stereocenters. The number of hydrogen-bond donors (Lipinski definition) is 1. The van der Waals surface area contributed by atoms with Crippen molar-refractivity contribution in [2.24, 2.45) is 47.2 Å². The molecule has 2 radical (unpaired) electrons. The maximum atomic E-state index is 8.17. The van der Waals surface area contributed by atoms with Crippen molar-refractivity contribution in [3.8, 4) is 0 Å². The van der Waals surface area contributed by atoms with Crippen molar-refractivity contribution in [1.82, 2.24) is 0 Å². The van der Waals surface area contributed by atoms with E-state index in [1.807, 2.05) is 0 Å². The minimum Gasteiger partial charge on any atom is -0.418 e. The highest BCUT2D eigenvalue weighted by atomic mass is 29.6. The van der Waals surface area contributed by atoms with E-state index in [2.05, 4.69) is 96.9 Å². The largest absolute Gasteiger partial charge is 0.477 e. The van der Waals surface area contributed by atoms with Crippen LogP contribution in [0.1, 0.15) is 103 Å². The summed E-state index contributed by atoms with van der Waals surface area (Å²) in [7, 11) is -27.4. The van der Waals surface area contributed by atoms with Crippen molar-refractivity contribution in [2.45, 2.75) is 157 Å². The summed E-state index contributed by atoms with van der Waals surface area (Å²) in [5.74, 6) is 1.88. The molecule has 11 nitrogen and oxygen atoms in total. The Bertz CT molecular complexity index is 1080. The second kappa shape index (κ2) is 16.3. The first-order chi connectivity index (χ1) is 24.0. The molecule has 8 bridgehead atoms. The van der Waals surface area contributed by atoms with Crippen LogP contribution < -0.4 is 5.73 Å². The molecule has 0 amide bonds. The highest BCUT2D eigenvalue weighted by Crippen LogP contribution is 2.56. The summed E-state index contributed by atoms with van der Waals surface area (Å²) >= 11 is 0. The summed E-state index contributed by atoms with van der Waals surface area (Å²) in [5, 5.41) is 0. The number of nitrogens with two attached hydrogens (primary N) is 1. The Balaban J connectivity index is 1.96. The lowest BCUT2D eigenvalue weighted by molar-refractivity contribution is 0.0431. The monoisotopic (exact) mass is 883 g/mol. The van der Waals surface area contributed by atoms with Crippen LogP contribution in [0.3, 0.4) is 0 Å². The van der Waals surface area contributed by atoms with Crippen molar-refractivity contribution in [3.05, 3.63) is 0 Å². The van der Waals surface area contributed by atoms with Gasteiger partial charge in [-0.1, -0.05) is 96.9 Å². The molecule has 0 saturated carbocycles. The Labute approximate surface area is 327 Å². The molecule has 6 heterocycles. The first-order valence-corrected chi connectivity index (χ1v) is 39.7. The van der Waals surface area contributed by atoms with E-state index in [4.69, 9.17) is 46.9 Å². The molecule has 0 aliphatic carbocycles. The van der Waals surface area contributed by atoms with Crippen molar-refractivity contribution < 1.29 is 41.2 Å². The third-order valence-corrected chi connectivity index (χ3v) is 65.5. The zero-order valence-corrected chi connectivity index (χ0v) is 44.0. The van der Waals surface area contributed by atoms with E-state index in [1.165, 1.54) is 0 Å². The average Bonchev–Trinajstić information content (AvgIpc) is 2.84. The Hall–Kier alpha value is 1.51. The van der Waals surface area contributed by atoms with Crippen LogP contribution >= 0.6 is 0 Å². The Morgan fingerprint density at radius 2 is 0.731 bits per heavy atom. The van der Waals surface area contributed by atoms with E-state index < -0.39 is 68.5 Å². The quantitative estimate of drug-likeness (QED) is 0.144. The van der Waals surface area contributed by atoms with Gasteiger partial charge in [0.1, 0.15) is 0 Å². The minimum absolute atomic E-state index is 0.219. The zero-order valence-electron chi connectivity index (χ0n) is 35.0. The van der Waals surface area contributed by atoms with Gasteiger partial charge in [-0.25, -0.2) is 0 Å². The van der Waals surface area contributed by atoms with E-state index in [1.54, 1.807) is 0 Å². The van der Waals surface area contributed by atoms with Gasteiger partial charge < -0.3 is 46.9 Å². The molecule has 6 aliphatic heterocycles. The van der Waals surface area contributed by atoms with Crippen LogP contribution in [0.4, 0.5) is 0 Å². The molecule has 0 aromatic rings. The molecule has 20 heteroatoms. The molecule has 6 aliphatic rings. The van der Waals surface area contributed by atoms with Crippen molar-refractivity contribution in [3.63, 3.8) is 0 Å². The SMILES string of the molecule is CC(C)C[Si]12C[Si]3(CCCN)O[Si]4(CC(C)C)O[Si](CC(C)C)(O1)O[Si]1(CC(C)C)O[Si](CC(C)C)(O4)O[Si](CC(C)C)(O3)O[Si](CC(C)C)(O2)[Si]1. The summed E-state index contributed by atoms with van der Waals surface area (Å²) in [5.41, 5.74) is 6.98. The fraction of sp³-hybridized carbons (Fsp3) is 1.00. The van der Waals surface area contributed by atoms with E-state index in [9.17, 15) is 0 Å². The predicted molar refractivity (Wildman–Crippen MR) is 223 cm³/mol. The van der Waals surface area contributed by atoms with Crippen LogP contribution in [0.5, 0.6) is 0 Å². The molecule has 2 N–H and O–H groups in total. The minimum atomic E-state index is -3.69. The van der Waals surface area contributed by atoms with Crippen LogP contribution in [-0.4, -0.2) is 83.6 Å². The average molecular weight is 885 g/mol. The third-order valence-electron chi connectivity index (χ3n) is 9.66. The predicted octanol–water partition coefficient (Wildman–Crippen LogP) is 7.92. The van der Waals surface area contributed by atoms with Gasteiger partial charge in [-0.3, -0.25) is 0 Å². The van der Waals surface area contributed by atoms with Gasteiger partial charge in [-0.2, -0.15) is 0 Å². The van der Waals surface area contributed by atoms with Gasteiger partial charge in [0, 0.05) is 29.8 Å². The lowest BCUT2D eigenvalue weighted by atomic mass is 10.3. The third kappa shape index (κ3) is 10.2. The fourth-order valence-corrected chi connectivity index (χ4v) is 88.6. The van der Waals surface area contributed by atoms with E-state index >= 15 is 0 Å². The molecule has 6 saturated heterocycles. The highest BCUT2D eigenvalue weighted by molar-refractivity contribution is 7.50. The van der Waals surface area contributed by atoms with Gasteiger partial charge in [0.25, 0.3) is 16.2 Å². The smallest absolute Gasteiger partial charge is 0.418 e. The van der Waals surface area contributed by atoms with Gasteiger partial charge in [-0.15, -0.1) is 0 Å². The van der Waals surface area contributed by atoms with Gasteiger partial charge in [0.05, 0.1) is 0 Å². The van der Waals surface area contributed by atoms with Gasteiger partial charge >= 0.3 is 52.3 Å². The Morgan fingerprint density at radius 1 is 0.404 bits per heavy atom. The Kier molecular flexibility index (Phi) is 14.0. The molecule has 0 spiro atoms. The molecule has 6 rings (SSSR count). The molecule has 6 fully saturated rings. The van der Waals surface area contributed by atoms with E-state index in [-0.39, 0.29) is 32.2 Å². The van der Waals surface area contributed by atoms with Crippen LogP contribution in [0.25, 0.3) is 0 Å². The number of hydrogen-bond acceptors (Lipinski definition) is 11. The summed E-state index contributed by atoms with van der Waals surface area (Å²) < 4.78 is 79.8. The van der Waals surface area contributed by atoms with Crippen molar-refractivity contribution in [1.29, 1.82) is 0 Å². The molecular weight excluding hydrogens is 811 g/mol. The lowest BCUT2D eigenvalue weighted by Gasteiger charge is -2.65. The first kappa shape index (κ1) is 44.6. The summed E-state index contributed by atoms with van der Waals surface area (Å²) in [6, 6.07) is 5.61. The molecular formula is C32H73NO10Si9. The summed E-state index contributed by atoms with van der Waals surface area (Å²) in [6.07, 6.45) is 0.757. The standard InChI is InChI=1S/C32H73NO10Si9/c1-26(2)18-46-25-45(17-15-16-33)34-47(19-27(3)4)38-49(36-46,21-29(7)8)42-52(24-32(13)14)43-50(39-47,22-30(9)10)40-48(35-45,20-28(5)6)41-51(37-46,44-52)23-31(11)12/h26-32H,15-25,33H2,1-14H3. The van der Waals surface area contributed by atoms with Crippen LogP contribution in [0.2, 0.25) is 54.0 Å². The topological polar surface area (TPSA) is 118 Å². The van der Waals surface area contributed by atoms with Crippen LogP contribution in [0, 0.1) is 41.4 Å². The van der Waals surface area contributed by atoms with E-state index in [0.717, 1.165) is 24.6 Å². The van der Waals surface area contributed by atoms with Gasteiger partial charge in [0.2, 0.25) is 0 Å². The van der Waals surface area contributed by atoms with Crippen LogP contribution in [-0.2, 0) is 41.2 Å². The second-order valence-electron chi connectivity index (χ2n) is 19.5. The molecule has 52 heavy (non-hydrogen) atoms. The lowest BCUT2D eigenvalue weighted by Crippen LogP contribution is -2.89. The molecule has 0 aromatic heterocycles. The van der Waals surface area contributed by atoms with Gasteiger partial charge in [0.15, 0.2) is 8.55 Å². The summed E-state index contributed by atoms with van der Waals surface area (Å²) in [6.45, 7) is 32.1. The van der Waals surface area contributed by atoms with Crippen molar-refractivity contribution in [2.75, 3.05) is 6.54 Å².